The molecule has 7 nitrogen and oxygen atoms in total. The van der Waals surface area contributed by atoms with Crippen molar-refractivity contribution in [3.05, 3.63) is 69.8 Å². The molecule has 0 aliphatic heterocycles. The molecule has 2 heterocycles. The molecule has 1 atom stereocenters. The van der Waals surface area contributed by atoms with Gasteiger partial charge >= 0.3 is 5.97 Å². The second-order valence-corrected chi connectivity index (χ2v) is 6.94. The Labute approximate surface area is 170 Å². The van der Waals surface area contributed by atoms with E-state index in [1.54, 1.807) is 24.6 Å². The largest absolute Gasteiger partial charge is 0.464 e. The van der Waals surface area contributed by atoms with E-state index in [1.807, 2.05) is 37.3 Å². The molecule has 0 unspecified atom stereocenters. The van der Waals surface area contributed by atoms with Crippen molar-refractivity contribution in [2.75, 3.05) is 6.61 Å². The van der Waals surface area contributed by atoms with Gasteiger partial charge < -0.3 is 14.5 Å². The molecule has 0 saturated carbocycles. The summed E-state index contributed by atoms with van der Waals surface area (Å²) in [6, 6.07) is 10.2. The fraction of sp³-hybridized carbons (Fsp3) is 0.250. The maximum absolute atomic E-state index is 12.7. The van der Waals surface area contributed by atoms with Gasteiger partial charge in [-0.1, -0.05) is 18.2 Å². The van der Waals surface area contributed by atoms with Gasteiger partial charge in [-0.3, -0.25) is 4.79 Å². The standard InChI is InChI=1S/C20H20BrN3O4/c1-4-27-20(26)17(22-19(25)18-15(21)10-11-28-18)16-12(2)23-24(13(16)3)14-8-6-5-7-9-14/h5-11,17H,4H2,1-3H3,(H,22,25)/t17-/m1/s1. The Hall–Kier alpha value is -2.87. The van der Waals surface area contributed by atoms with Crippen LogP contribution in [0.2, 0.25) is 0 Å². The van der Waals surface area contributed by atoms with Crippen LogP contribution in [-0.2, 0) is 9.53 Å². The maximum Gasteiger partial charge on any atom is 0.333 e. The molecule has 0 aliphatic rings. The van der Waals surface area contributed by atoms with E-state index in [0.717, 1.165) is 11.4 Å². The van der Waals surface area contributed by atoms with Crippen LogP contribution in [0.4, 0.5) is 0 Å². The number of aromatic nitrogens is 2. The molecule has 2 aromatic heterocycles. The van der Waals surface area contributed by atoms with Gasteiger partial charge in [0.05, 0.1) is 28.7 Å². The number of nitrogens with one attached hydrogen (secondary N) is 1. The van der Waals surface area contributed by atoms with Crippen molar-refractivity contribution in [3.63, 3.8) is 0 Å². The average Bonchev–Trinajstić information content (AvgIpc) is 3.24. The molecule has 1 N–H and O–H groups in total. The number of amides is 1. The number of ether oxygens (including phenoxy) is 1. The maximum atomic E-state index is 12.7. The van der Waals surface area contributed by atoms with E-state index in [2.05, 4.69) is 26.3 Å². The molecule has 0 radical (unpaired) electrons. The van der Waals surface area contributed by atoms with E-state index in [1.165, 1.54) is 6.26 Å². The molecule has 0 aliphatic carbocycles. The molecule has 3 aromatic rings. The summed E-state index contributed by atoms with van der Waals surface area (Å²) in [6.07, 6.45) is 1.39. The van der Waals surface area contributed by atoms with Crippen LogP contribution in [-0.4, -0.2) is 28.3 Å². The Kier molecular flexibility index (Phi) is 5.99. The van der Waals surface area contributed by atoms with E-state index in [0.29, 0.717) is 15.7 Å². The third-order valence-electron chi connectivity index (χ3n) is 4.26. The van der Waals surface area contributed by atoms with E-state index < -0.39 is 17.9 Å². The van der Waals surface area contributed by atoms with E-state index in [4.69, 9.17) is 9.15 Å². The molecule has 146 valence electrons. The Bertz CT molecular complexity index is 994. The number of nitrogens with zero attached hydrogens (tertiary/aromatic N) is 2. The lowest BCUT2D eigenvalue weighted by molar-refractivity contribution is -0.145. The summed E-state index contributed by atoms with van der Waals surface area (Å²) in [7, 11) is 0. The summed E-state index contributed by atoms with van der Waals surface area (Å²) < 4.78 is 12.6. The monoisotopic (exact) mass is 445 g/mol. The minimum absolute atomic E-state index is 0.0834. The zero-order valence-electron chi connectivity index (χ0n) is 15.7. The van der Waals surface area contributed by atoms with Crippen LogP contribution in [0.3, 0.4) is 0 Å². The van der Waals surface area contributed by atoms with Crippen molar-refractivity contribution in [1.82, 2.24) is 15.1 Å². The number of furan rings is 1. The number of halogens is 1. The van der Waals surface area contributed by atoms with Crippen LogP contribution in [0, 0.1) is 13.8 Å². The molecule has 1 aromatic carbocycles. The smallest absolute Gasteiger partial charge is 0.333 e. The predicted octanol–water partition coefficient (Wildman–Crippen LogP) is 3.88. The molecule has 0 bridgehead atoms. The number of hydrogen-bond donors (Lipinski definition) is 1. The van der Waals surface area contributed by atoms with Crippen LogP contribution in [0.1, 0.15) is 40.5 Å². The molecule has 28 heavy (non-hydrogen) atoms. The van der Waals surface area contributed by atoms with Crippen LogP contribution >= 0.6 is 15.9 Å². The lowest BCUT2D eigenvalue weighted by Gasteiger charge is -2.18. The lowest BCUT2D eigenvalue weighted by Crippen LogP contribution is -2.35. The Morgan fingerprint density at radius 2 is 1.96 bits per heavy atom. The van der Waals surface area contributed by atoms with Gasteiger partial charge in [0, 0.05) is 11.3 Å². The van der Waals surface area contributed by atoms with Gasteiger partial charge in [0.2, 0.25) is 5.76 Å². The normalized spacial score (nSPS) is 11.9. The highest BCUT2D eigenvalue weighted by molar-refractivity contribution is 9.10. The number of benzene rings is 1. The van der Waals surface area contributed by atoms with Gasteiger partial charge in [0.15, 0.2) is 6.04 Å². The number of carbonyl (C=O) groups is 2. The second kappa shape index (κ2) is 8.43. The summed E-state index contributed by atoms with van der Waals surface area (Å²) in [4.78, 5) is 25.3. The van der Waals surface area contributed by atoms with E-state index in [9.17, 15) is 9.59 Å². The first-order valence-corrected chi connectivity index (χ1v) is 9.55. The van der Waals surface area contributed by atoms with Crippen molar-refractivity contribution in [3.8, 4) is 5.69 Å². The highest BCUT2D eigenvalue weighted by Gasteiger charge is 2.31. The molecule has 8 heteroatoms. The van der Waals surface area contributed by atoms with Crippen molar-refractivity contribution in [1.29, 1.82) is 0 Å². The minimum Gasteiger partial charge on any atom is -0.464 e. The van der Waals surface area contributed by atoms with Gasteiger partial charge in [-0.25, -0.2) is 9.48 Å². The minimum atomic E-state index is -1.01. The number of hydrogen-bond acceptors (Lipinski definition) is 5. The average molecular weight is 446 g/mol. The number of esters is 1. The number of rotatable bonds is 6. The highest BCUT2D eigenvalue weighted by Crippen LogP contribution is 2.26. The third-order valence-corrected chi connectivity index (χ3v) is 4.88. The van der Waals surface area contributed by atoms with Crippen molar-refractivity contribution < 1.29 is 18.7 Å². The predicted molar refractivity (Wildman–Crippen MR) is 106 cm³/mol. The number of para-hydroxylation sites is 1. The van der Waals surface area contributed by atoms with Gasteiger partial charge in [-0.2, -0.15) is 5.10 Å². The van der Waals surface area contributed by atoms with Gasteiger partial charge in [-0.05, 0) is 54.9 Å². The lowest BCUT2D eigenvalue weighted by atomic mass is 10.0. The molecule has 0 fully saturated rings. The molecule has 0 spiro atoms. The van der Waals surface area contributed by atoms with Crippen molar-refractivity contribution in [2.24, 2.45) is 0 Å². The second-order valence-electron chi connectivity index (χ2n) is 6.09. The molecule has 1 amide bonds. The first kappa shape index (κ1) is 19.9. The Morgan fingerprint density at radius 1 is 1.25 bits per heavy atom. The molecule has 3 rings (SSSR count). The zero-order chi connectivity index (χ0) is 20.3. The summed E-state index contributed by atoms with van der Waals surface area (Å²) in [6.45, 7) is 5.56. The van der Waals surface area contributed by atoms with Crippen molar-refractivity contribution >= 4 is 27.8 Å². The molecular formula is C20H20BrN3O4. The van der Waals surface area contributed by atoms with Crippen molar-refractivity contribution in [2.45, 2.75) is 26.8 Å². The van der Waals surface area contributed by atoms with Gasteiger partial charge in [0.25, 0.3) is 5.91 Å². The summed E-state index contributed by atoms with van der Waals surface area (Å²) in [5.41, 5.74) is 2.81. The van der Waals surface area contributed by atoms with Gasteiger partial charge in [0.1, 0.15) is 0 Å². The first-order chi connectivity index (χ1) is 13.4. The number of carbonyl (C=O) groups excluding carboxylic acids is 2. The summed E-state index contributed by atoms with van der Waals surface area (Å²) >= 11 is 3.26. The van der Waals surface area contributed by atoms with E-state index in [-0.39, 0.29) is 12.4 Å². The van der Waals surface area contributed by atoms with Gasteiger partial charge in [-0.15, -0.1) is 0 Å². The summed E-state index contributed by atoms with van der Waals surface area (Å²) in [5.74, 6) is -1.00. The molecular weight excluding hydrogens is 426 g/mol. The highest BCUT2D eigenvalue weighted by atomic mass is 79.9. The zero-order valence-corrected chi connectivity index (χ0v) is 17.3. The Balaban J connectivity index is 2.01. The Morgan fingerprint density at radius 3 is 2.57 bits per heavy atom. The fourth-order valence-corrected chi connectivity index (χ4v) is 3.40. The van der Waals surface area contributed by atoms with Crippen LogP contribution in [0.25, 0.3) is 5.69 Å². The number of aryl methyl sites for hydroxylation is 1. The summed E-state index contributed by atoms with van der Waals surface area (Å²) in [5, 5.41) is 7.27. The SMILES string of the molecule is CCOC(=O)[C@H](NC(=O)c1occc1Br)c1c(C)nn(-c2ccccc2)c1C. The topological polar surface area (TPSA) is 86.4 Å². The third kappa shape index (κ3) is 3.87. The molecule has 0 saturated heterocycles. The van der Waals surface area contributed by atoms with E-state index >= 15 is 0 Å². The fourth-order valence-electron chi connectivity index (χ4n) is 3.02. The van der Waals surface area contributed by atoms with Crippen LogP contribution < -0.4 is 5.32 Å². The van der Waals surface area contributed by atoms with Crippen LogP contribution in [0.15, 0.2) is 51.6 Å². The first-order valence-electron chi connectivity index (χ1n) is 8.76. The van der Waals surface area contributed by atoms with Crippen LogP contribution in [0.5, 0.6) is 0 Å². The quantitative estimate of drug-likeness (QED) is 0.581.